The number of aromatic hydroxyl groups is 1. The Morgan fingerprint density at radius 2 is 2.00 bits per heavy atom. The van der Waals surface area contributed by atoms with Gasteiger partial charge in [-0.3, -0.25) is 9.59 Å². The number of aliphatic hydroxyl groups excluding tert-OH is 1. The molecule has 0 aromatic heterocycles. The highest BCUT2D eigenvalue weighted by atomic mass is 16.3. The molecule has 2 amide bonds. The van der Waals surface area contributed by atoms with E-state index in [9.17, 15) is 19.8 Å². The minimum Gasteiger partial charge on any atom is -0.508 e. The van der Waals surface area contributed by atoms with E-state index in [0.29, 0.717) is 38.2 Å². The van der Waals surface area contributed by atoms with Crippen molar-refractivity contribution in [1.29, 1.82) is 0 Å². The first-order chi connectivity index (χ1) is 11.9. The van der Waals surface area contributed by atoms with E-state index < -0.39 is 6.10 Å². The van der Waals surface area contributed by atoms with Gasteiger partial charge in [0.25, 0.3) is 5.91 Å². The first-order valence-electron chi connectivity index (χ1n) is 8.93. The second-order valence-corrected chi connectivity index (χ2v) is 7.47. The number of aliphatic hydroxyl groups is 1. The Balaban J connectivity index is 1.63. The van der Waals surface area contributed by atoms with Crippen LogP contribution in [-0.4, -0.2) is 64.1 Å². The lowest BCUT2D eigenvalue weighted by molar-refractivity contribution is -0.140. The van der Waals surface area contributed by atoms with Gasteiger partial charge >= 0.3 is 0 Å². The number of nitrogens with zero attached hydrogens (tertiary/aromatic N) is 2. The van der Waals surface area contributed by atoms with Crippen LogP contribution >= 0.6 is 0 Å². The van der Waals surface area contributed by atoms with Crippen LogP contribution in [0, 0.1) is 5.41 Å². The predicted molar refractivity (Wildman–Crippen MR) is 93.2 cm³/mol. The Kier molecular flexibility index (Phi) is 4.99. The first kappa shape index (κ1) is 17.7. The summed E-state index contributed by atoms with van der Waals surface area (Å²) in [4.78, 5) is 28.3. The molecule has 2 fully saturated rings. The first-order valence-corrected chi connectivity index (χ1v) is 8.93. The Morgan fingerprint density at radius 3 is 2.64 bits per heavy atom. The second-order valence-electron chi connectivity index (χ2n) is 7.47. The zero-order valence-electron chi connectivity index (χ0n) is 14.6. The molecule has 6 heteroatoms. The summed E-state index contributed by atoms with van der Waals surface area (Å²) < 4.78 is 0. The van der Waals surface area contributed by atoms with Crippen LogP contribution in [0.4, 0.5) is 0 Å². The topological polar surface area (TPSA) is 81.1 Å². The zero-order chi connectivity index (χ0) is 18.0. The van der Waals surface area contributed by atoms with Crippen LogP contribution in [0.2, 0.25) is 0 Å². The Bertz CT molecular complexity index is 651. The number of phenolic OH excluding ortho intramolecular Hbond substituents is 1. The molecular weight excluding hydrogens is 320 g/mol. The van der Waals surface area contributed by atoms with Crippen molar-refractivity contribution in [2.24, 2.45) is 5.41 Å². The fraction of sp³-hybridized carbons (Fsp3) is 0.579. The summed E-state index contributed by atoms with van der Waals surface area (Å²) >= 11 is 0. The van der Waals surface area contributed by atoms with Crippen molar-refractivity contribution in [3.8, 4) is 5.75 Å². The van der Waals surface area contributed by atoms with Gasteiger partial charge in [0, 0.05) is 38.2 Å². The maximum atomic E-state index is 12.6. The van der Waals surface area contributed by atoms with Crippen LogP contribution in [0.5, 0.6) is 5.75 Å². The van der Waals surface area contributed by atoms with Gasteiger partial charge in [-0.1, -0.05) is 6.07 Å². The number of hydrogen-bond donors (Lipinski definition) is 2. The van der Waals surface area contributed by atoms with E-state index in [2.05, 4.69) is 0 Å². The fourth-order valence-corrected chi connectivity index (χ4v) is 4.00. The molecule has 1 atom stereocenters. The molecule has 136 valence electrons. The van der Waals surface area contributed by atoms with E-state index in [1.54, 1.807) is 30.0 Å². The molecule has 0 aliphatic carbocycles. The second kappa shape index (κ2) is 7.04. The van der Waals surface area contributed by atoms with Gasteiger partial charge in [-0.15, -0.1) is 0 Å². The molecule has 3 rings (SSSR count). The van der Waals surface area contributed by atoms with Crippen molar-refractivity contribution in [3.05, 3.63) is 29.8 Å². The minimum atomic E-state index is -0.522. The Hall–Kier alpha value is -2.08. The number of benzene rings is 1. The molecule has 6 nitrogen and oxygen atoms in total. The standard InChI is InChI=1S/C19H26N2O4/c1-14(22)12-21-13-19(6-5-17(21)24)7-9-20(10-8-19)18(25)15-3-2-4-16(23)11-15/h2-4,11,14,22-23H,5-10,12-13H2,1H3. The minimum absolute atomic E-state index is 0.0540. The lowest BCUT2D eigenvalue weighted by atomic mass is 9.72. The normalized spacial score (nSPS) is 21.4. The summed E-state index contributed by atoms with van der Waals surface area (Å²) in [6.45, 7) is 4.07. The Morgan fingerprint density at radius 1 is 1.28 bits per heavy atom. The molecule has 0 bridgehead atoms. The van der Waals surface area contributed by atoms with E-state index in [0.717, 1.165) is 19.3 Å². The maximum Gasteiger partial charge on any atom is 0.253 e. The van der Waals surface area contributed by atoms with Crippen LogP contribution in [0.25, 0.3) is 0 Å². The molecule has 2 heterocycles. The van der Waals surface area contributed by atoms with E-state index in [1.165, 1.54) is 6.07 Å². The van der Waals surface area contributed by atoms with Gasteiger partial charge in [0.2, 0.25) is 5.91 Å². The molecule has 2 saturated heterocycles. The van der Waals surface area contributed by atoms with Crippen molar-refractivity contribution in [2.75, 3.05) is 26.2 Å². The Labute approximate surface area is 148 Å². The number of phenols is 1. The van der Waals surface area contributed by atoms with E-state index in [4.69, 9.17) is 0 Å². The molecule has 1 aromatic rings. The van der Waals surface area contributed by atoms with E-state index in [1.807, 2.05) is 4.90 Å². The molecule has 1 spiro atoms. The number of amides is 2. The summed E-state index contributed by atoms with van der Waals surface area (Å²) in [5, 5.41) is 19.2. The number of piperidine rings is 2. The zero-order valence-corrected chi connectivity index (χ0v) is 14.6. The lowest BCUT2D eigenvalue weighted by Crippen LogP contribution is -2.53. The van der Waals surface area contributed by atoms with Gasteiger partial charge in [-0.05, 0) is 49.8 Å². The maximum absolute atomic E-state index is 12.6. The lowest BCUT2D eigenvalue weighted by Gasteiger charge is -2.47. The third-order valence-corrected chi connectivity index (χ3v) is 5.44. The molecule has 1 aromatic carbocycles. The summed E-state index contributed by atoms with van der Waals surface area (Å²) in [6, 6.07) is 6.44. The van der Waals surface area contributed by atoms with Gasteiger partial charge in [-0.2, -0.15) is 0 Å². The third-order valence-electron chi connectivity index (χ3n) is 5.44. The SMILES string of the molecule is CC(O)CN1CC2(CCC1=O)CCN(C(=O)c1cccc(O)c1)CC2. The molecule has 2 aliphatic rings. The van der Waals surface area contributed by atoms with Crippen molar-refractivity contribution < 1.29 is 19.8 Å². The monoisotopic (exact) mass is 346 g/mol. The number of carbonyl (C=O) groups is 2. The molecular formula is C19H26N2O4. The number of hydrogen-bond acceptors (Lipinski definition) is 4. The van der Waals surface area contributed by atoms with Crippen LogP contribution in [0.1, 0.15) is 43.0 Å². The van der Waals surface area contributed by atoms with Crippen LogP contribution in [0.3, 0.4) is 0 Å². The quantitative estimate of drug-likeness (QED) is 0.871. The van der Waals surface area contributed by atoms with Crippen molar-refractivity contribution in [2.45, 2.75) is 38.7 Å². The summed E-state index contributed by atoms with van der Waals surface area (Å²) in [5.74, 6) is 0.155. The highest BCUT2D eigenvalue weighted by Crippen LogP contribution is 2.40. The molecule has 1 unspecified atom stereocenters. The predicted octanol–water partition coefficient (Wildman–Crippen LogP) is 1.62. The average molecular weight is 346 g/mol. The van der Waals surface area contributed by atoms with Gasteiger partial charge in [0.1, 0.15) is 5.75 Å². The molecule has 2 N–H and O–H groups in total. The van der Waals surface area contributed by atoms with Crippen LogP contribution in [0.15, 0.2) is 24.3 Å². The van der Waals surface area contributed by atoms with Crippen LogP contribution < -0.4 is 0 Å². The number of likely N-dealkylation sites (tertiary alicyclic amines) is 2. The van der Waals surface area contributed by atoms with Crippen LogP contribution in [-0.2, 0) is 4.79 Å². The third kappa shape index (κ3) is 3.95. The summed E-state index contributed by atoms with van der Waals surface area (Å²) in [6.07, 6.45) is 2.58. The van der Waals surface area contributed by atoms with Gasteiger partial charge < -0.3 is 20.0 Å². The smallest absolute Gasteiger partial charge is 0.253 e. The van der Waals surface area contributed by atoms with Gasteiger partial charge in [-0.25, -0.2) is 0 Å². The summed E-state index contributed by atoms with van der Waals surface area (Å²) in [5.41, 5.74) is 0.559. The summed E-state index contributed by atoms with van der Waals surface area (Å²) in [7, 11) is 0. The molecule has 0 saturated carbocycles. The fourth-order valence-electron chi connectivity index (χ4n) is 4.00. The van der Waals surface area contributed by atoms with Gasteiger partial charge in [0.05, 0.1) is 6.10 Å². The molecule has 0 radical (unpaired) electrons. The largest absolute Gasteiger partial charge is 0.508 e. The molecule has 2 aliphatic heterocycles. The highest BCUT2D eigenvalue weighted by Gasteiger charge is 2.41. The molecule has 25 heavy (non-hydrogen) atoms. The number of carbonyl (C=O) groups excluding carboxylic acids is 2. The number of rotatable bonds is 3. The van der Waals surface area contributed by atoms with Crippen molar-refractivity contribution in [3.63, 3.8) is 0 Å². The average Bonchev–Trinajstić information content (AvgIpc) is 2.58. The van der Waals surface area contributed by atoms with E-state index >= 15 is 0 Å². The highest BCUT2D eigenvalue weighted by molar-refractivity contribution is 5.94. The van der Waals surface area contributed by atoms with Gasteiger partial charge in [0.15, 0.2) is 0 Å². The van der Waals surface area contributed by atoms with Crippen molar-refractivity contribution in [1.82, 2.24) is 9.80 Å². The number of β-amino-alcohol motifs (C(OH)–C–C–N with tert-alkyl or cyclic N) is 1. The van der Waals surface area contributed by atoms with Crippen molar-refractivity contribution >= 4 is 11.8 Å². The van der Waals surface area contributed by atoms with E-state index in [-0.39, 0.29) is 23.0 Å².